The van der Waals surface area contributed by atoms with E-state index in [0.29, 0.717) is 0 Å². The summed E-state index contributed by atoms with van der Waals surface area (Å²) < 4.78 is 1.14. The van der Waals surface area contributed by atoms with Crippen LogP contribution in [0.4, 0.5) is 5.69 Å². The fourth-order valence-corrected chi connectivity index (χ4v) is 3.38. The van der Waals surface area contributed by atoms with Gasteiger partial charge < -0.3 is 5.73 Å². The second kappa shape index (κ2) is 6.58. The molecule has 0 amide bonds. The molecule has 1 aliphatic rings. The van der Waals surface area contributed by atoms with E-state index in [2.05, 4.69) is 33.8 Å². The number of rotatable bonds is 4. The number of benzene rings is 1. The van der Waals surface area contributed by atoms with Gasteiger partial charge in [0.1, 0.15) is 0 Å². The molecule has 1 fully saturated rings. The summed E-state index contributed by atoms with van der Waals surface area (Å²) in [6.45, 7) is 4.42. The summed E-state index contributed by atoms with van der Waals surface area (Å²) in [7, 11) is 0. The highest BCUT2D eigenvalue weighted by molar-refractivity contribution is 9.10. The monoisotopic (exact) mass is 310 g/mol. The Kier molecular flexibility index (Phi) is 5.07. The molecule has 0 aromatic heterocycles. The van der Waals surface area contributed by atoms with Crippen LogP contribution in [0.2, 0.25) is 0 Å². The SMILES string of the molecule is CCN(Cc1ccc(N)cc1Br)C1CCCCC1. The van der Waals surface area contributed by atoms with Gasteiger partial charge in [0, 0.05) is 22.7 Å². The van der Waals surface area contributed by atoms with E-state index in [1.165, 1.54) is 37.7 Å². The Hall–Kier alpha value is -0.540. The predicted molar refractivity (Wildman–Crippen MR) is 81.5 cm³/mol. The largest absolute Gasteiger partial charge is 0.399 e. The molecule has 1 aliphatic carbocycles. The lowest BCUT2D eigenvalue weighted by atomic mass is 9.94. The zero-order valence-corrected chi connectivity index (χ0v) is 12.7. The van der Waals surface area contributed by atoms with Gasteiger partial charge >= 0.3 is 0 Å². The fourth-order valence-electron chi connectivity index (χ4n) is 2.86. The smallest absolute Gasteiger partial charge is 0.0325 e. The van der Waals surface area contributed by atoms with Crippen molar-refractivity contribution in [3.05, 3.63) is 28.2 Å². The molecule has 1 aromatic carbocycles. The number of hydrogen-bond donors (Lipinski definition) is 1. The van der Waals surface area contributed by atoms with Crippen molar-refractivity contribution in [2.24, 2.45) is 0 Å². The molecule has 0 spiro atoms. The molecule has 0 aliphatic heterocycles. The molecule has 18 heavy (non-hydrogen) atoms. The Balaban J connectivity index is 2.04. The van der Waals surface area contributed by atoms with Gasteiger partial charge in [-0.3, -0.25) is 4.90 Å². The molecule has 1 aromatic rings. The molecule has 3 heteroatoms. The van der Waals surface area contributed by atoms with Gasteiger partial charge in [0.05, 0.1) is 0 Å². The summed E-state index contributed by atoms with van der Waals surface area (Å²) in [6.07, 6.45) is 6.93. The average Bonchev–Trinajstić information content (AvgIpc) is 2.39. The van der Waals surface area contributed by atoms with Crippen LogP contribution in [0.25, 0.3) is 0 Å². The topological polar surface area (TPSA) is 29.3 Å². The summed E-state index contributed by atoms with van der Waals surface area (Å²) in [6, 6.07) is 6.91. The number of hydrogen-bond acceptors (Lipinski definition) is 2. The van der Waals surface area contributed by atoms with E-state index in [0.717, 1.165) is 29.3 Å². The third kappa shape index (κ3) is 3.48. The van der Waals surface area contributed by atoms with E-state index < -0.39 is 0 Å². The van der Waals surface area contributed by atoms with Crippen molar-refractivity contribution in [2.45, 2.75) is 51.6 Å². The minimum atomic E-state index is 0.771. The van der Waals surface area contributed by atoms with Gasteiger partial charge in [-0.05, 0) is 37.1 Å². The number of nitrogens with zero attached hydrogens (tertiary/aromatic N) is 1. The zero-order chi connectivity index (χ0) is 13.0. The standard InChI is InChI=1S/C15H23BrN2/c1-2-18(14-6-4-3-5-7-14)11-12-8-9-13(17)10-15(12)16/h8-10,14H,2-7,11,17H2,1H3. The minimum Gasteiger partial charge on any atom is -0.399 e. The molecule has 1 saturated carbocycles. The molecule has 0 bridgehead atoms. The van der Waals surface area contributed by atoms with E-state index in [-0.39, 0.29) is 0 Å². The lowest BCUT2D eigenvalue weighted by Crippen LogP contribution is -2.36. The van der Waals surface area contributed by atoms with Crippen molar-refractivity contribution in [1.29, 1.82) is 0 Å². The maximum atomic E-state index is 5.79. The van der Waals surface area contributed by atoms with Gasteiger partial charge in [-0.15, -0.1) is 0 Å². The highest BCUT2D eigenvalue weighted by Crippen LogP contribution is 2.26. The first-order valence-electron chi connectivity index (χ1n) is 6.98. The second-order valence-electron chi connectivity index (χ2n) is 5.21. The van der Waals surface area contributed by atoms with Crippen LogP contribution in [0, 0.1) is 0 Å². The van der Waals surface area contributed by atoms with Gasteiger partial charge in [-0.2, -0.15) is 0 Å². The van der Waals surface area contributed by atoms with Gasteiger partial charge in [-0.25, -0.2) is 0 Å². The highest BCUT2D eigenvalue weighted by Gasteiger charge is 2.20. The van der Waals surface area contributed by atoms with Crippen molar-refractivity contribution in [3.8, 4) is 0 Å². The second-order valence-corrected chi connectivity index (χ2v) is 6.06. The Morgan fingerprint density at radius 2 is 2.00 bits per heavy atom. The summed E-state index contributed by atoms with van der Waals surface area (Å²) in [5, 5.41) is 0. The Bertz CT molecular complexity index is 386. The first-order chi connectivity index (χ1) is 8.70. The summed E-state index contributed by atoms with van der Waals surface area (Å²) in [5.74, 6) is 0. The first kappa shape index (κ1) is 13.9. The van der Waals surface area contributed by atoms with Crippen LogP contribution in [0.15, 0.2) is 22.7 Å². The average molecular weight is 311 g/mol. The summed E-state index contributed by atoms with van der Waals surface area (Å²) >= 11 is 3.62. The lowest BCUT2D eigenvalue weighted by molar-refractivity contribution is 0.155. The molecule has 100 valence electrons. The van der Waals surface area contributed by atoms with E-state index in [9.17, 15) is 0 Å². The van der Waals surface area contributed by atoms with Crippen LogP contribution >= 0.6 is 15.9 Å². The van der Waals surface area contributed by atoms with Gasteiger partial charge in [0.25, 0.3) is 0 Å². The third-order valence-corrected chi connectivity index (χ3v) is 4.69. The molecule has 0 heterocycles. The Morgan fingerprint density at radius 3 is 2.61 bits per heavy atom. The molecule has 0 radical (unpaired) electrons. The summed E-state index contributed by atoms with van der Waals surface area (Å²) in [5.41, 5.74) is 7.96. The molecule has 2 rings (SSSR count). The van der Waals surface area contributed by atoms with Crippen molar-refractivity contribution in [3.63, 3.8) is 0 Å². The molecular formula is C15H23BrN2. The summed E-state index contributed by atoms with van der Waals surface area (Å²) in [4.78, 5) is 2.61. The normalized spacial score (nSPS) is 17.3. The quantitative estimate of drug-likeness (QED) is 0.845. The van der Waals surface area contributed by atoms with Gasteiger partial charge in [-0.1, -0.05) is 48.2 Å². The van der Waals surface area contributed by atoms with Crippen molar-refractivity contribution >= 4 is 21.6 Å². The number of nitrogen functional groups attached to an aromatic ring is 1. The molecular weight excluding hydrogens is 288 g/mol. The Labute approximate surface area is 119 Å². The predicted octanol–water partition coefficient (Wildman–Crippen LogP) is 4.19. The van der Waals surface area contributed by atoms with Crippen molar-refractivity contribution < 1.29 is 0 Å². The van der Waals surface area contributed by atoms with Crippen LogP contribution < -0.4 is 5.73 Å². The van der Waals surface area contributed by atoms with E-state index in [4.69, 9.17) is 5.73 Å². The molecule has 2 N–H and O–H groups in total. The van der Waals surface area contributed by atoms with E-state index in [1.54, 1.807) is 0 Å². The molecule has 2 nitrogen and oxygen atoms in total. The highest BCUT2D eigenvalue weighted by atomic mass is 79.9. The first-order valence-corrected chi connectivity index (χ1v) is 7.78. The number of anilines is 1. The van der Waals surface area contributed by atoms with Crippen molar-refractivity contribution in [1.82, 2.24) is 4.90 Å². The maximum absolute atomic E-state index is 5.79. The number of nitrogens with two attached hydrogens (primary N) is 1. The van der Waals surface area contributed by atoms with E-state index in [1.807, 2.05) is 12.1 Å². The van der Waals surface area contributed by atoms with Gasteiger partial charge in [0.15, 0.2) is 0 Å². The fraction of sp³-hybridized carbons (Fsp3) is 0.600. The van der Waals surface area contributed by atoms with Crippen LogP contribution in [-0.4, -0.2) is 17.5 Å². The van der Waals surface area contributed by atoms with Gasteiger partial charge in [0.2, 0.25) is 0 Å². The van der Waals surface area contributed by atoms with Crippen LogP contribution in [0.1, 0.15) is 44.6 Å². The molecule has 0 atom stereocenters. The maximum Gasteiger partial charge on any atom is 0.0325 e. The number of halogens is 1. The van der Waals surface area contributed by atoms with Crippen LogP contribution in [0.3, 0.4) is 0 Å². The molecule has 0 unspecified atom stereocenters. The zero-order valence-electron chi connectivity index (χ0n) is 11.2. The van der Waals surface area contributed by atoms with Crippen molar-refractivity contribution in [2.75, 3.05) is 12.3 Å². The lowest BCUT2D eigenvalue weighted by Gasteiger charge is -2.33. The van der Waals surface area contributed by atoms with Crippen LogP contribution in [0.5, 0.6) is 0 Å². The van der Waals surface area contributed by atoms with E-state index >= 15 is 0 Å². The van der Waals surface area contributed by atoms with Crippen LogP contribution in [-0.2, 0) is 6.54 Å². The molecule has 0 saturated heterocycles. The minimum absolute atomic E-state index is 0.771. The third-order valence-electron chi connectivity index (χ3n) is 3.95. The Morgan fingerprint density at radius 1 is 1.28 bits per heavy atom.